The highest BCUT2D eigenvalue weighted by Crippen LogP contribution is 2.39. The van der Waals surface area contributed by atoms with E-state index in [4.69, 9.17) is 9.47 Å². The van der Waals surface area contributed by atoms with Gasteiger partial charge in [0.2, 0.25) is 11.8 Å². The molecule has 1 aliphatic heterocycles. The summed E-state index contributed by atoms with van der Waals surface area (Å²) in [5.41, 5.74) is 5.42. The Bertz CT molecular complexity index is 3140. The molecular formula is C70H97N9O11S. The van der Waals surface area contributed by atoms with Crippen LogP contribution in [-0.2, 0) is 36.8 Å². The molecule has 5 aromatic rings. The van der Waals surface area contributed by atoms with Gasteiger partial charge in [-0.2, -0.15) is 0 Å². The van der Waals surface area contributed by atoms with Gasteiger partial charge in [-0.1, -0.05) is 146 Å². The Balaban J connectivity index is 0.000000297. The summed E-state index contributed by atoms with van der Waals surface area (Å²) in [6.45, 7) is 19.7. The van der Waals surface area contributed by atoms with Crippen molar-refractivity contribution in [2.45, 2.75) is 167 Å². The van der Waals surface area contributed by atoms with Crippen LogP contribution >= 0.6 is 11.8 Å². The monoisotopic (exact) mass is 1270 g/mol. The number of carbonyl (C=O) groups excluding carboxylic acids is 6. The number of ether oxygens (including phenoxy) is 2. The zero-order valence-electron chi connectivity index (χ0n) is 55.0. The van der Waals surface area contributed by atoms with Crippen LogP contribution in [0.5, 0.6) is 5.75 Å². The van der Waals surface area contributed by atoms with Crippen LogP contribution in [0.1, 0.15) is 121 Å². The molecule has 4 aromatic carbocycles. The van der Waals surface area contributed by atoms with E-state index in [1.807, 2.05) is 145 Å². The van der Waals surface area contributed by atoms with Crippen LogP contribution in [0.25, 0.3) is 11.3 Å². The Morgan fingerprint density at radius 2 is 1.26 bits per heavy atom. The van der Waals surface area contributed by atoms with Gasteiger partial charge in [0.05, 0.1) is 50.2 Å². The highest BCUT2D eigenvalue weighted by atomic mass is 32.2. The van der Waals surface area contributed by atoms with Crippen molar-refractivity contribution in [3.63, 3.8) is 0 Å². The van der Waals surface area contributed by atoms with Gasteiger partial charge in [-0.05, 0) is 117 Å². The number of benzene rings is 4. The SMILES string of the molecule is COC(=O)N[C@H](C(=O)N[C@@H](Cc1ccccc1)[C@@H](O)CN(Cc1ccc(-c2ccccn2)cc1)NC(=O)[C@@H](NC(=O)OC)C(C)(C)C)C(C)(C)C.Cc1c(O)cccc1C(=O)N[C@@H](CSc1ccccc1)[C@H](O)CN1C[C@H]2CCCC[C@H]2C[C@H]1C(=O)NC(C)(C)C. The van der Waals surface area contributed by atoms with Gasteiger partial charge in [0.15, 0.2) is 0 Å². The molecule has 21 heteroatoms. The van der Waals surface area contributed by atoms with E-state index in [2.05, 4.69) is 41.9 Å². The maximum Gasteiger partial charge on any atom is 0.407 e. The number of hydrogen-bond donors (Lipinski definition) is 9. The maximum absolute atomic E-state index is 13.8. The summed E-state index contributed by atoms with van der Waals surface area (Å²) >= 11 is 1.57. The van der Waals surface area contributed by atoms with Crippen LogP contribution in [0.15, 0.2) is 132 Å². The van der Waals surface area contributed by atoms with E-state index in [0.717, 1.165) is 53.1 Å². The fraction of sp³-hybridized carbons (Fsp3) is 0.500. The van der Waals surface area contributed by atoms with E-state index in [1.165, 1.54) is 27.1 Å². The Kier molecular flexibility index (Phi) is 26.8. The van der Waals surface area contributed by atoms with E-state index in [9.17, 15) is 44.1 Å². The zero-order valence-corrected chi connectivity index (χ0v) is 55.8. The summed E-state index contributed by atoms with van der Waals surface area (Å²) in [5, 5.41) is 49.6. The molecule has 9 N–H and O–H groups in total. The van der Waals surface area contributed by atoms with Crippen molar-refractivity contribution in [1.29, 1.82) is 0 Å². The second-order valence-electron chi connectivity index (χ2n) is 27.0. The number of aromatic hydroxyl groups is 1. The third-order valence-electron chi connectivity index (χ3n) is 16.4. The lowest BCUT2D eigenvalue weighted by Crippen LogP contribution is -2.60. The minimum absolute atomic E-state index is 0.0124. The standard InChI is InChI=1S/C38H52N6O7.C32H45N3O4S/c1-37(2,3)31(41-35(48)50-7)33(46)40-29(22-25-14-10-9-11-15-25)30(45)24-44(43-34(47)32(38(4,5)6)42-36(49)51-8)23-26-17-19-27(20-18-26)28-16-12-13-21-39-28;1-21-25(15-10-16-28(21)36)30(38)33-26(20-40-24-13-6-5-7-14-24)29(37)19-35-18-23-12-9-8-11-22(23)17-27(35)31(39)34-32(2,3)4/h9-21,29-32,45H,22-24H2,1-8H3,(H,40,46)(H,41,48)(H,42,49)(H,43,47);5-7,10,13-16,22-23,26-27,29,36-37H,8-9,11-12,17-20H2,1-4H3,(H,33,38)(H,34,39)/t29-,30-,31+,32+;22-,23+,26-,27-,29+/m00/s1. The van der Waals surface area contributed by atoms with Crippen LogP contribution in [0.3, 0.4) is 0 Å². The molecule has 0 spiro atoms. The molecule has 1 saturated carbocycles. The molecule has 1 saturated heterocycles. The first kappa shape index (κ1) is 72.5. The quantitative estimate of drug-likeness (QED) is 0.0218. The summed E-state index contributed by atoms with van der Waals surface area (Å²) < 4.78 is 9.54. The number of likely N-dealkylation sites (tertiary alicyclic amines) is 1. The van der Waals surface area contributed by atoms with Crippen molar-refractivity contribution in [2.75, 3.05) is 39.6 Å². The number of nitrogens with one attached hydrogen (secondary N) is 6. The van der Waals surface area contributed by atoms with Crippen LogP contribution in [0, 0.1) is 29.6 Å². The third-order valence-corrected chi connectivity index (χ3v) is 17.6. The largest absolute Gasteiger partial charge is 0.508 e. The predicted octanol–water partition coefficient (Wildman–Crippen LogP) is 8.96. The lowest BCUT2D eigenvalue weighted by atomic mass is 9.72. The topological polar surface area (TPSA) is 273 Å². The number of hydrogen-bond acceptors (Lipinski definition) is 15. The van der Waals surface area contributed by atoms with Crippen LogP contribution in [-0.4, -0.2) is 154 Å². The lowest BCUT2D eigenvalue weighted by molar-refractivity contribution is -0.133. The number of nitrogens with zero attached hydrogens (tertiary/aromatic N) is 3. The van der Waals surface area contributed by atoms with Crippen LogP contribution in [0.2, 0.25) is 0 Å². The molecule has 9 atom stereocenters. The van der Waals surface area contributed by atoms with Crippen molar-refractivity contribution in [3.8, 4) is 17.0 Å². The first-order chi connectivity index (χ1) is 43.0. The van der Waals surface area contributed by atoms with E-state index in [-0.39, 0.29) is 48.7 Å². The normalized spacial score (nSPS) is 18.0. The first-order valence-electron chi connectivity index (χ1n) is 31.3. The van der Waals surface area contributed by atoms with Crippen molar-refractivity contribution < 1.29 is 53.6 Å². The summed E-state index contributed by atoms with van der Waals surface area (Å²) in [6, 6.07) is 33.8. The van der Waals surface area contributed by atoms with Gasteiger partial charge >= 0.3 is 12.2 Å². The summed E-state index contributed by atoms with van der Waals surface area (Å²) in [7, 11) is 2.44. The molecule has 1 aromatic heterocycles. The zero-order chi connectivity index (χ0) is 66.6. The molecular weight excluding hydrogens is 1170 g/mol. The maximum atomic E-state index is 13.8. The number of β-amino-alcohol motifs (C(OH)–C–C–N with tert-alkyl or cyclic N) is 1. The number of amides is 6. The minimum atomic E-state index is -1.22. The van der Waals surface area contributed by atoms with Crippen molar-refractivity contribution in [1.82, 2.24) is 46.9 Å². The molecule has 1 aliphatic carbocycles. The highest BCUT2D eigenvalue weighted by molar-refractivity contribution is 7.99. The molecule has 7 rings (SSSR count). The average Bonchev–Trinajstić information content (AvgIpc) is 1.42. The number of rotatable bonds is 23. The number of piperidine rings is 1. The van der Waals surface area contributed by atoms with Crippen molar-refractivity contribution in [2.24, 2.45) is 22.7 Å². The molecule has 2 fully saturated rings. The smallest absolute Gasteiger partial charge is 0.407 e. The van der Waals surface area contributed by atoms with Gasteiger partial charge < -0.3 is 51.4 Å². The first-order valence-corrected chi connectivity index (χ1v) is 32.3. The second kappa shape index (κ2) is 33.7. The number of phenols is 1. The molecule has 2 aliphatic rings. The molecule has 2 heterocycles. The Hall–Kier alpha value is -7.56. The number of alkyl carbamates (subject to hydrolysis) is 2. The van der Waals surface area contributed by atoms with Crippen molar-refractivity contribution in [3.05, 3.63) is 150 Å². The summed E-state index contributed by atoms with van der Waals surface area (Å²) in [5.74, 6) is 0.238. The molecule has 91 heavy (non-hydrogen) atoms. The molecule has 0 radical (unpaired) electrons. The molecule has 0 unspecified atom stereocenters. The minimum Gasteiger partial charge on any atom is -0.508 e. The van der Waals surface area contributed by atoms with Crippen molar-refractivity contribution >= 4 is 47.6 Å². The number of aliphatic hydroxyl groups is 2. The molecule has 20 nitrogen and oxygen atoms in total. The number of carbonyl (C=O) groups is 6. The van der Waals surface area contributed by atoms with Gasteiger partial charge in [-0.3, -0.25) is 34.5 Å². The Morgan fingerprint density at radius 1 is 0.670 bits per heavy atom. The average molecular weight is 1270 g/mol. The van der Waals surface area contributed by atoms with Gasteiger partial charge in [0.25, 0.3) is 11.8 Å². The van der Waals surface area contributed by atoms with Crippen LogP contribution < -0.4 is 32.0 Å². The van der Waals surface area contributed by atoms with Crippen LogP contribution in [0.4, 0.5) is 9.59 Å². The van der Waals surface area contributed by atoms with E-state index in [1.54, 1.807) is 68.9 Å². The highest BCUT2D eigenvalue weighted by Gasteiger charge is 2.43. The van der Waals surface area contributed by atoms with Gasteiger partial charge in [0, 0.05) is 65.3 Å². The lowest BCUT2D eigenvalue weighted by Gasteiger charge is -2.47. The Morgan fingerprint density at radius 3 is 1.85 bits per heavy atom. The molecule has 494 valence electrons. The van der Waals surface area contributed by atoms with Gasteiger partial charge in [-0.15, -0.1) is 11.8 Å². The molecule has 0 bridgehead atoms. The third kappa shape index (κ3) is 22.7. The molecule has 6 amide bonds. The van der Waals surface area contributed by atoms with E-state index >= 15 is 0 Å². The number of thioether (sulfide) groups is 1. The van der Waals surface area contributed by atoms with Gasteiger partial charge in [-0.25, -0.2) is 14.6 Å². The number of aliphatic hydroxyl groups excluding tert-OH is 2. The number of hydrazine groups is 1. The summed E-state index contributed by atoms with van der Waals surface area (Å²) in [4.78, 5) is 86.3. The summed E-state index contributed by atoms with van der Waals surface area (Å²) in [6.07, 6.45) is 3.89. The fourth-order valence-electron chi connectivity index (χ4n) is 11.4. The number of aromatic nitrogens is 1. The number of pyridine rings is 1. The number of methoxy groups -OCH3 is 2. The van der Waals surface area contributed by atoms with E-state index in [0.29, 0.717) is 35.3 Å². The second-order valence-corrected chi connectivity index (χ2v) is 28.1. The fourth-order valence-corrected chi connectivity index (χ4v) is 12.5. The predicted molar refractivity (Wildman–Crippen MR) is 354 cm³/mol. The number of fused-ring (bicyclic) bond motifs is 1. The Labute approximate surface area is 541 Å². The number of phenolic OH excluding ortho intramolecular Hbond substituents is 1. The van der Waals surface area contributed by atoms with E-state index < -0.39 is 71.2 Å². The van der Waals surface area contributed by atoms with Gasteiger partial charge in [0.1, 0.15) is 17.8 Å².